The maximum absolute atomic E-state index is 12.2. The third-order valence-electron chi connectivity index (χ3n) is 4.92. The van der Waals surface area contributed by atoms with Gasteiger partial charge in [0, 0.05) is 7.05 Å². The molecule has 5 heteroatoms. The van der Waals surface area contributed by atoms with Gasteiger partial charge in [-0.1, -0.05) is 59.8 Å². The van der Waals surface area contributed by atoms with Crippen molar-refractivity contribution in [1.29, 1.82) is 0 Å². The van der Waals surface area contributed by atoms with Crippen molar-refractivity contribution in [2.45, 2.75) is 96.9 Å². The van der Waals surface area contributed by atoms with Gasteiger partial charge in [-0.25, -0.2) is 5.06 Å². The van der Waals surface area contributed by atoms with E-state index >= 15 is 0 Å². The van der Waals surface area contributed by atoms with Gasteiger partial charge in [-0.3, -0.25) is 9.63 Å². The zero-order chi connectivity index (χ0) is 18.1. The molecule has 0 spiro atoms. The van der Waals surface area contributed by atoms with E-state index in [2.05, 4.69) is 40.8 Å². The van der Waals surface area contributed by atoms with Gasteiger partial charge in [-0.2, -0.15) is 0 Å². The third kappa shape index (κ3) is 8.87. The highest BCUT2D eigenvalue weighted by atomic mass is 28.4. The molecule has 0 aliphatic rings. The van der Waals surface area contributed by atoms with Crippen LogP contribution in [-0.2, 0) is 14.1 Å². The molecule has 0 unspecified atom stereocenters. The van der Waals surface area contributed by atoms with E-state index in [0.717, 1.165) is 12.8 Å². The van der Waals surface area contributed by atoms with E-state index in [4.69, 9.17) is 9.26 Å². The van der Waals surface area contributed by atoms with Crippen molar-refractivity contribution in [1.82, 2.24) is 5.06 Å². The smallest absolute Gasteiger partial charge is 0.248 e. The van der Waals surface area contributed by atoms with Crippen LogP contribution in [0.15, 0.2) is 0 Å². The van der Waals surface area contributed by atoms with Crippen LogP contribution in [0.3, 0.4) is 0 Å². The average molecular weight is 346 g/mol. The summed E-state index contributed by atoms with van der Waals surface area (Å²) in [5, 5.41) is 1.46. The number of carbonyl (C=O) groups is 1. The van der Waals surface area contributed by atoms with E-state index in [9.17, 15) is 4.79 Å². The van der Waals surface area contributed by atoms with Crippen LogP contribution in [0.25, 0.3) is 0 Å². The lowest BCUT2D eigenvalue weighted by Gasteiger charge is -2.39. The Morgan fingerprint density at radius 3 is 2.17 bits per heavy atom. The number of hydrogen-bond acceptors (Lipinski definition) is 3. The number of carbonyl (C=O) groups excluding carboxylic acids is 1. The van der Waals surface area contributed by atoms with Crippen molar-refractivity contribution in [3.63, 3.8) is 0 Å². The number of nitrogens with zero attached hydrogens (tertiary/aromatic N) is 1. The molecule has 1 amide bonds. The molecule has 1 atom stereocenters. The molecular formula is C18H39NO3Si. The van der Waals surface area contributed by atoms with Crippen molar-refractivity contribution in [3.8, 4) is 0 Å². The Labute approximate surface area is 145 Å². The molecule has 0 fully saturated rings. The Morgan fingerprint density at radius 1 is 1.13 bits per heavy atom. The quantitative estimate of drug-likeness (QED) is 0.295. The molecule has 0 aromatic heterocycles. The highest BCUT2D eigenvalue weighted by molar-refractivity contribution is 6.74. The predicted molar refractivity (Wildman–Crippen MR) is 99.8 cm³/mol. The summed E-state index contributed by atoms with van der Waals surface area (Å²) in [5.74, 6) is -0.00947. The van der Waals surface area contributed by atoms with Gasteiger partial charge in [0.05, 0.1) is 19.6 Å². The minimum atomic E-state index is -1.87. The Hall–Kier alpha value is -0.393. The first-order valence-electron chi connectivity index (χ1n) is 9.03. The molecule has 0 aromatic carbocycles. The summed E-state index contributed by atoms with van der Waals surface area (Å²) in [6, 6.07) is 0. The van der Waals surface area contributed by atoms with Crippen molar-refractivity contribution in [3.05, 3.63) is 0 Å². The fourth-order valence-corrected chi connectivity index (χ4v) is 3.58. The van der Waals surface area contributed by atoms with Crippen molar-refractivity contribution < 1.29 is 14.1 Å². The fraction of sp³-hybridized carbons (Fsp3) is 0.944. The Morgan fingerprint density at radius 2 is 1.70 bits per heavy atom. The second-order valence-electron chi connectivity index (χ2n) is 7.98. The van der Waals surface area contributed by atoms with E-state index in [1.54, 1.807) is 7.05 Å². The van der Waals surface area contributed by atoms with Gasteiger partial charge < -0.3 is 4.43 Å². The van der Waals surface area contributed by atoms with Gasteiger partial charge in [0.2, 0.25) is 5.91 Å². The molecule has 4 nitrogen and oxygen atoms in total. The second kappa shape index (κ2) is 10.5. The molecule has 0 rings (SSSR count). The number of hydrogen-bond donors (Lipinski definition) is 0. The molecular weight excluding hydrogens is 306 g/mol. The normalized spacial score (nSPS) is 13.9. The lowest BCUT2D eigenvalue weighted by atomic mass is 10.1. The summed E-state index contributed by atoms with van der Waals surface area (Å²) in [6.45, 7) is 13.4. The van der Waals surface area contributed by atoms with Crippen LogP contribution in [0.1, 0.15) is 72.6 Å². The molecule has 0 bridgehead atoms. The van der Waals surface area contributed by atoms with E-state index in [0.29, 0.717) is 6.42 Å². The summed E-state index contributed by atoms with van der Waals surface area (Å²) in [6.07, 6.45) is 7.53. The largest absolute Gasteiger partial charge is 0.413 e. The van der Waals surface area contributed by atoms with Crippen LogP contribution in [0, 0.1) is 0 Å². The van der Waals surface area contributed by atoms with Gasteiger partial charge in [-0.15, -0.1) is 0 Å². The zero-order valence-corrected chi connectivity index (χ0v) is 17.7. The lowest BCUT2D eigenvalue weighted by molar-refractivity contribution is -0.170. The van der Waals surface area contributed by atoms with Crippen molar-refractivity contribution in [2.75, 3.05) is 14.2 Å². The monoisotopic (exact) mass is 345 g/mol. The molecule has 0 heterocycles. The maximum atomic E-state index is 12.2. The molecule has 138 valence electrons. The van der Waals surface area contributed by atoms with E-state index in [1.165, 1.54) is 37.9 Å². The molecule has 0 aliphatic carbocycles. The highest BCUT2D eigenvalue weighted by Crippen LogP contribution is 2.38. The van der Waals surface area contributed by atoms with Crippen LogP contribution in [0.4, 0.5) is 0 Å². The first-order valence-corrected chi connectivity index (χ1v) is 11.9. The second-order valence-corrected chi connectivity index (χ2v) is 12.7. The van der Waals surface area contributed by atoms with Crippen LogP contribution in [0.2, 0.25) is 18.1 Å². The molecule has 0 radical (unpaired) electrons. The summed E-state index contributed by atoms with van der Waals surface area (Å²) in [5.41, 5.74) is 0. The highest BCUT2D eigenvalue weighted by Gasteiger charge is 2.39. The minimum absolute atomic E-state index is 0.00242. The Balaban J connectivity index is 4.70. The maximum Gasteiger partial charge on any atom is 0.248 e. The Bertz CT molecular complexity index is 340. The first kappa shape index (κ1) is 22.6. The fourth-order valence-electron chi connectivity index (χ4n) is 2.20. The Kier molecular flexibility index (Phi) is 10.3. The topological polar surface area (TPSA) is 38.8 Å². The predicted octanol–water partition coefficient (Wildman–Crippen LogP) is 5.15. The number of unbranched alkanes of at least 4 members (excludes halogenated alkanes) is 4. The molecule has 0 saturated carbocycles. The minimum Gasteiger partial charge on any atom is -0.413 e. The lowest BCUT2D eigenvalue weighted by Crippen LogP contribution is -2.45. The number of hydroxylamine groups is 2. The standard InChI is InChI=1S/C18H39NO3Si/c1-9-10-11-12-13-14-16(15-17(20)19(5)21-6)22-23(7,8)18(2,3)4/h16H,9-15H2,1-8H3/t16-/m1/s1. The average Bonchev–Trinajstić information content (AvgIpc) is 2.44. The van der Waals surface area contributed by atoms with Crippen molar-refractivity contribution in [2.24, 2.45) is 0 Å². The van der Waals surface area contributed by atoms with Crippen LogP contribution in [-0.4, -0.2) is 39.5 Å². The van der Waals surface area contributed by atoms with Crippen LogP contribution in [0.5, 0.6) is 0 Å². The van der Waals surface area contributed by atoms with Crippen LogP contribution >= 0.6 is 0 Å². The molecule has 0 N–H and O–H groups in total. The third-order valence-corrected chi connectivity index (χ3v) is 9.46. The van der Waals surface area contributed by atoms with Gasteiger partial charge in [0.25, 0.3) is 0 Å². The van der Waals surface area contributed by atoms with Gasteiger partial charge in [0.15, 0.2) is 8.32 Å². The molecule has 0 aliphatic heterocycles. The number of rotatable bonds is 11. The van der Waals surface area contributed by atoms with Crippen molar-refractivity contribution >= 4 is 14.2 Å². The van der Waals surface area contributed by atoms with Gasteiger partial charge in [0.1, 0.15) is 0 Å². The van der Waals surface area contributed by atoms with E-state index in [-0.39, 0.29) is 17.0 Å². The summed E-state index contributed by atoms with van der Waals surface area (Å²) >= 11 is 0. The first-order chi connectivity index (χ1) is 10.5. The zero-order valence-electron chi connectivity index (χ0n) is 16.7. The summed E-state index contributed by atoms with van der Waals surface area (Å²) in [4.78, 5) is 17.2. The molecule has 0 aromatic rings. The van der Waals surface area contributed by atoms with E-state index < -0.39 is 8.32 Å². The number of amides is 1. The van der Waals surface area contributed by atoms with Gasteiger partial charge in [-0.05, 0) is 24.6 Å². The molecule has 0 saturated heterocycles. The SMILES string of the molecule is CCCCCCC[C@H](CC(=O)N(C)OC)O[Si](C)(C)C(C)(C)C. The van der Waals surface area contributed by atoms with Crippen LogP contribution < -0.4 is 0 Å². The molecule has 23 heavy (non-hydrogen) atoms. The van der Waals surface area contributed by atoms with E-state index in [1.807, 2.05) is 0 Å². The summed E-state index contributed by atoms with van der Waals surface area (Å²) in [7, 11) is 1.31. The summed E-state index contributed by atoms with van der Waals surface area (Å²) < 4.78 is 6.51. The van der Waals surface area contributed by atoms with Gasteiger partial charge >= 0.3 is 0 Å².